The Labute approximate surface area is 471 Å². The molecular weight excluding hydrogens is 1000 g/mol. The molecule has 0 unspecified atom stereocenters. The normalized spacial score (nSPS) is 14.4. The highest BCUT2D eigenvalue weighted by atomic mass is 32.1. The van der Waals surface area contributed by atoms with Gasteiger partial charge in [-0.05, 0) is 151 Å². The summed E-state index contributed by atoms with van der Waals surface area (Å²) in [7, 11) is 0. The maximum atomic E-state index is 2.59. The Morgan fingerprint density at radius 1 is 0.237 bits per heavy atom. The van der Waals surface area contributed by atoms with Crippen LogP contribution in [0.1, 0.15) is 44.5 Å². The number of fused-ring (bicyclic) bond motifs is 24. The van der Waals surface area contributed by atoms with Crippen LogP contribution in [0.25, 0.3) is 73.7 Å². The largest absolute Gasteiger partial charge is 0.309 e. The summed E-state index contributed by atoms with van der Waals surface area (Å²) in [5.41, 5.74) is 24.0. The number of allylic oxidation sites excluding steroid dienone is 2. The van der Waals surface area contributed by atoms with E-state index < -0.39 is 10.8 Å². The molecule has 0 N–H and O–H groups in total. The van der Waals surface area contributed by atoms with E-state index in [0.29, 0.717) is 0 Å². The number of para-hydroxylation sites is 2. The monoisotopic (exact) mass is 1050 g/mol. The van der Waals surface area contributed by atoms with E-state index >= 15 is 0 Å². The smallest absolute Gasteiger partial charge is 0.0729 e. The van der Waals surface area contributed by atoms with Crippen LogP contribution in [0.15, 0.2) is 279 Å². The number of anilines is 6. The maximum Gasteiger partial charge on any atom is 0.0729 e. The van der Waals surface area contributed by atoms with Crippen molar-refractivity contribution in [1.82, 2.24) is 0 Å². The summed E-state index contributed by atoms with van der Waals surface area (Å²) >= 11 is 3.77. The average molecular weight is 1050 g/mol. The quantitative estimate of drug-likeness (QED) is 0.164. The van der Waals surface area contributed by atoms with Gasteiger partial charge in [-0.1, -0.05) is 206 Å². The molecule has 4 heteroatoms. The van der Waals surface area contributed by atoms with Crippen LogP contribution in [0.4, 0.5) is 34.1 Å². The van der Waals surface area contributed by atoms with Gasteiger partial charge in [-0.3, -0.25) is 0 Å². The standard InChI is InChI=1S/C76H46N2S2/c1-3-21-47(22-4-1)77(67-37-19-31-57-55-29-11-17-39-69(55)79-73(57)67)49-41-43-59-65(45-49)75(61-33-13-7-25-51(61)52-26-8-14-34-62(52)75)72-60-44-42-50(46-66(60)76(71(59)72)63-35-15-9-27-53(63)54-28-10-16-36-64(54)76)78(48-23-5-2-6-24-48)68-38-20-32-58-56-30-12-18-40-70(56)80-74(58)68/h1-46H. The van der Waals surface area contributed by atoms with E-state index in [0.717, 1.165) is 22.7 Å². The summed E-state index contributed by atoms with van der Waals surface area (Å²) in [5, 5.41) is 5.15. The van der Waals surface area contributed by atoms with Gasteiger partial charge >= 0.3 is 0 Å². The molecule has 14 aromatic rings. The van der Waals surface area contributed by atoms with E-state index in [1.54, 1.807) is 0 Å². The van der Waals surface area contributed by atoms with Crippen molar-refractivity contribution in [3.8, 4) is 22.3 Å². The van der Waals surface area contributed by atoms with Gasteiger partial charge in [-0.25, -0.2) is 0 Å². The Kier molecular flexibility index (Phi) is 9.15. The Morgan fingerprint density at radius 2 is 0.575 bits per heavy atom. The van der Waals surface area contributed by atoms with Crippen LogP contribution in [0.2, 0.25) is 0 Å². The molecule has 0 radical (unpaired) electrons. The molecular formula is C76H46N2S2. The predicted molar refractivity (Wildman–Crippen MR) is 338 cm³/mol. The fourth-order valence-corrected chi connectivity index (χ4v) is 17.5. The Hall–Kier alpha value is -9.58. The Morgan fingerprint density at radius 3 is 0.975 bits per heavy atom. The first-order valence-electron chi connectivity index (χ1n) is 27.7. The average Bonchev–Trinajstić information content (AvgIpc) is 4.30. The van der Waals surface area contributed by atoms with Gasteiger partial charge in [-0.2, -0.15) is 0 Å². The molecule has 18 rings (SSSR count). The van der Waals surface area contributed by atoms with Crippen molar-refractivity contribution in [2.75, 3.05) is 9.80 Å². The van der Waals surface area contributed by atoms with Crippen molar-refractivity contribution in [3.63, 3.8) is 0 Å². The zero-order chi connectivity index (χ0) is 52.3. The number of hydrogen-bond donors (Lipinski definition) is 0. The summed E-state index contributed by atoms with van der Waals surface area (Å²) in [6.45, 7) is 0. The second-order valence-electron chi connectivity index (χ2n) is 21.7. The van der Waals surface area contributed by atoms with E-state index in [1.807, 2.05) is 22.7 Å². The van der Waals surface area contributed by atoms with Gasteiger partial charge in [0.2, 0.25) is 0 Å². The van der Waals surface area contributed by atoms with Crippen LogP contribution in [0.5, 0.6) is 0 Å². The van der Waals surface area contributed by atoms with Crippen molar-refractivity contribution < 1.29 is 0 Å². The lowest BCUT2D eigenvalue weighted by Gasteiger charge is -2.36. The van der Waals surface area contributed by atoms with Crippen LogP contribution in [-0.4, -0.2) is 0 Å². The van der Waals surface area contributed by atoms with Crippen LogP contribution in [-0.2, 0) is 10.8 Å². The molecule has 12 aromatic carbocycles. The molecule has 0 saturated heterocycles. The summed E-state index contributed by atoms with van der Waals surface area (Å²) < 4.78 is 5.15. The minimum absolute atomic E-state index is 0.673. The first-order valence-corrected chi connectivity index (χ1v) is 29.3. The van der Waals surface area contributed by atoms with Crippen LogP contribution < -0.4 is 9.80 Å². The molecule has 0 saturated carbocycles. The van der Waals surface area contributed by atoms with Crippen molar-refractivity contribution in [1.29, 1.82) is 0 Å². The lowest BCUT2D eigenvalue weighted by atomic mass is 9.66. The number of nitrogens with zero attached hydrogens (tertiary/aromatic N) is 2. The molecule has 4 aliphatic rings. The van der Waals surface area contributed by atoms with Crippen molar-refractivity contribution >= 4 is 108 Å². The van der Waals surface area contributed by atoms with Gasteiger partial charge in [-0.15, -0.1) is 22.7 Å². The van der Waals surface area contributed by atoms with Crippen LogP contribution >= 0.6 is 22.7 Å². The van der Waals surface area contributed by atoms with Gasteiger partial charge in [0.05, 0.1) is 31.6 Å². The minimum atomic E-state index is -0.673. The third-order valence-corrected chi connectivity index (χ3v) is 20.5. The molecule has 0 amide bonds. The SMILES string of the molecule is c1ccc(N(c2ccc3c(c2)C2(C4=C3C3(c5cc(N(c6ccccc6)c6cccc7c6sc6ccccc67)ccc54)c4ccccc4-c4ccccc43)c3ccccc3-c3ccccc32)c2cccc3c2sc2ccccc23)cc1. The topological polar surface area (TPSA) is 6.48 Å². The number of hydrogen-bond acceptors (Lipinski definition) is 4. The highest BCUT2D eigenvalue weighted by molar-refractivity contribution is 7.26. The maximum absolute atomic E-state index is 2.59. The van der Waals surface area contributed by atoms with Gasteiger partial charge < -0.3 is 9.80 Å². The van der Waals surface area contributed by atoms with E-state index in [1.165, 1.54) is 130 Å². The molecule has 2 nitrogen and oxygen atoms in total. The summed E-state index contributed by atoms with van der Waals surface area (Å²) in [6, 6.07) is 106. The zero-order valence-corrected chi connectivity index (χ0v) is 44.9. The highest BCUT2D eigenvalue weighted by Crippen LogP contribution is 2.75. The third-order valence-electron chi connectivity index (χ3n) is 18.1. The zero-order valence-electron chi connectivity index (χ0n) is 43.3. The van der Waals surface area contributed by atoms with E-state index in [4.69, 9.17) is 0 Å². The van der Waals surface area contributed by atoms with E-state index in [9.17, 15) is 0 Å². The van der Waals surface area contributed by atoms with Crippen molar-refractivity contribution in [2.45, 2.75) is 10.8 Å². The van der Waals surface area contributed by atoms with Crippen LogP contribution in [0.3, 0.4) is 0 Å². The fraction of sp³-hybridized carbons (Fsp3) is 0.0263. The molecule has 0 bridgehead atoms. The van der Waals surface area contributed by atoms with Gasteiger partial charge in [0.1, 0.15) is 0 Å². The lowest BCUT2D eigenvalue weighted by Crippen LogP contribution is -2.29. The molecule has 0 atom stereocenters. The first-order chi connectivity index (χ1) is 39.7. The summed E-state index contributed by atoms with van der Waals surface area (Å²) in [6.07, 6.45) is 0. The summed E-state index contributed by atoms with van der Waals surface area (Å²) in [5.74, 6) is 0. The molecule has 372 valence electrons. The molecule has 0 aliphatic heterocycles. The molecule has 80 heavy (non-hydrogen) atoms. The molecule has 2 spiro atoms. The predicted octanol–water partition coefficient (Wildman–Crippen LogP) is 20.9. The Balaban J connectivity index is 0.956. The second kappa shape index (κ2) is 16.5. The number of rotatable bonds is 6. The molecule has 4 aliphatic carbocycles. The van der Waals surface area contributed by atoms with Gasteiger partial charge in [0.15, 0.2) is 0 Å². The molecule has 2 heterocycles. The fourth-order valence-electron chi connectivity index (χ4n) is 15.1. The lowest BCUT2D eigenvalue weighted by molar-refractivity contribution is 0.826. The summed E-state index contributed by atoms with van der Waals surface area (Å²) in [4.78, 5) is 5.04. The van der Waals surface area contributed by atoms with Gasteiger partial charge in [0, 0.05) is 53.7 Å². The minimum Gasteiger partial charge on any atom is -0.309 e. The Bertz CT molecular complexity index is 4580. The van der Waals surface area contributed by atoms with E-state index in [2.05, 4.69) is 289 Å². The first kappa shape index (κ1) is 44.4. The van der Waals surface area contributed by atoms with E-state index in [-0.39, 0.29) is 0 Å². The molecule has 2 aromatic heterocycles. The second-order valence-corrected chi connectivity index (χ2v) is 23.8. The van der Waals surface area contributed by atoms with Gasteiger partial charge in [0.25, 0.3) is 0 Å². The highest BCUT2D eigenvalue weighted by Gasteiger charge is 2.63. The van der Waals surface area contributed by atoms with Crippen LogP contribution in [0, 0.1) is 0 Å². The number of benzene rings is 12. The van der Waals surface area contributed by atoms with Crippen molar-refractivity contribution in [3.05, 3.63) is 324 Å². The third kappa shape index (κ3) is 5.66. The number of thiophene rings is 2. The van der Waals surface area contributed by atoms with Crippen molar-refractivity contribution in [2.24, 2.45) is 0 Å². The molecule has 0 fully saturated rings.